The van der Waals surface area contributed by atoms with Crippen LogP contribution < -0.4 is 20.4 Å². The highest BCUT2D eigenvalue weighted by Gasteiger charge is 2.36. The van der Waals surface area contributed by atoms with Crippen LogP contribution in [0.25, 0.3) is 0 Å². The van der Waals surface area contributed by atoms with Crippen molar-refractivity contribution in [2.45, 2.75) is 44.8 Å². The number of benzene rings is 1. The molecule has 1 saturated carbocycles. The van der Waals surface area contributed by atoms with Gasteiger partial charge in [0.2, 0.25) is 5.95 Å². The van der Waals surface area contributed by atoms with Crippen molar-refractivity contribution in [2.75, 3.05) is 15.5 Å². The van der Waals surface area contributed by atoms with Crippen LogP contribution in [0.2, 0.25) is 0 Å². The maximum Gasteiger partial charge on any atom is 0.421 e. The van der Waals surface area contributed by atoms with E-state index < -0.39 is 17.6 Å². The van der Waals surface area contributed by atoms with Gasteiger partial charge >= 0.3 is 6.18 Å². The molecule has 1 fully saturated rings. The Morgan fingerprint density at radius 3 is 2.65 bits per heavy atom. The van der Waals surface area contributed by atoms with Crippen molar-refractivity contribution in [3.8, 4) is 5.75 Å². The van der Waals surface area contributed by atoms with E-state index in [2.05, 4.69) is 32.1 Å². The number of Topliss-reactive ketones (excluding diaryl/α,β-unsaturated/α-hetero) is 1. The van der Waals surface area contributed by atoms with Crippen LogP contribution in [0.5, 0.6) is 5.75 Å². The summed E-state index contributed by atoms with van der Waals surface area (Å²) in [6, 6.07) is 6.69. The van der Waals surface area contributed by atoms with Gasteiger partial charge < -0.3 is 14.9 Å². The Hall–Kier alpha value is -2.95. The predicted octanol–water partition coefficient (Wildman–Crippen LogP) is 5.42. The van der Waals surface area contributed by atoms with Crippen molar-refractivity contribution in [3.05, 3.63) is 47.5 Å². The van der Waals surface area contributed by atoms with E-state index in [1.807, 2.05) is 6.92 Å². The van der Waals surface area contributed by atoms with Crippen LogP contribution in [0.1, 0.15) is 38.2 Å². The lowest BCUT2D eigenvalue weighted by Crippen LogP contribution is -2.27. The molecule has 1 aliphatic carbocycles. The Balaban J connectivity index is 1.77. The molecule has 0 radical (unpaired) electrons. The van der Waals surface area contributed by atoms with Crippen LogP contribution in [0.15, 0.2) is 41.9 Å². The third-order valence-corrected chi connectivity index (χ3v) is 5.12. The second-order valence-electron chi connectivity index (χ2n) is 7.02. The number of allylic oxidation sites excluding steroid dienone is 1. The van der Waals surface area contributed by atoms with Gasteiger partial charge in [-0.1, -0.05) is 18.7 Å². The average Bonchev–Trinajstić information content (AvgIpc) is 2.72. The molecular weight excluding hydrogens is 431 g/mol. The number of aromatic nitrogens is 2. The van der Waals surface area contributed by atoms with Crippen LogP contribution >= 0.6 is 11.9 Å². The third-order valence-electron chi connectivity index (χ3n) is 4.45. The second kappa shape index (κ2) is 9.90. The highest BCUT2D eigenvalue weighted by Crippen LogP contribution is 2.35. The molecule has 2 aromatic rings. The first-order valence-corrected chi connectivity index (χ1v) is 10.4. The van der Waals surface area contributed by atoms with Crippen molar-refractivity contribution in [1.82, 2.24) is 9.97 Å². The molecule has 0 aliphatic heterocycles. The van der Waals surface area contributed by atoms with E-state index in [0.717, 1.165) is 4.91 Å². The molecule has 7 nitrogen and oxygen atoms in total. The summed E-state index contributed by atoms with van der Waals surface area (Å²) in [7, 11) is 0. The monoisotopic (exact) mass is 453 g/mol. The van der Waals surface area contributed by atoms with Crippen LogP contribution in [0.4, 0.5) is 30.6 Å². The lowest BCUT2D eigenvalue weighted by molar-refractivity contribution is -0.137. The van der Waals surface area contributed by atoms with E-state index >= 15 is 0 Å². The summed E-state index contributed by atoms with van der Waals surface area (Å²) in [5, 5.41) is 3.00. The molecule has 1 aliphatic rings. The Labute approximate surface area is 182 Å². The molecule has 11 heteroatoms. The lowest BCUT2D eigenvalue weighted by atomic mass is 9.94. The van der Waals surface area contributed by atoms with Gasteiger partial charge in [0.1, 0.15) is 11.3 Å². The summed E-state index contributed by atoms with van der Waals surface area (Å²) in [5.41, 5.74) is 1.81. The molecule has 1 aromatic carbocycles. The van der Waals surface area contributed by atoms with E-state index in [-0.39, 0.29) is 23.5 Å². The SMILES string of the molecule is C=C(C)SNc1ccccc1ONc1nc(NC2CCC(=O)CC2)ncc1C(F)(F)F. The normalized spacial score (nSPS) is 14.8. The maximum absolute atomic E-state index is 13.4. The van der Waals surface area contributed by atoms with E-state index in [4.69, 9.17) is 4.84 Å². The molecule has 1 aromatic heterocycles. The summed E-state index contributed by atoms with van der Waals surface area (Å²) in [6.45, 7) is 5.58. The van der Waals surface area contributed by atoms with E-state index in [1.54, 1.807) is 24.3 Å². The van der Waals surface area contributed by atoms with Gasteiger partial charge in [0.25, 0.3) is 0 Å². The number of nitrogens with zero attached hydrogens (tertiary/aromatic N) is 2. The predicted molar refractivity (Wildman–Crippen MR) is 115 cm³/mol. The number of hydrogen-bond donors (Lipinski definition) is 3. The van der Waals surface area contributed by atoms with E-state index in [1.165, 1.54) is 11.9 Å². The number of ketones is 1. The first kappa shape index (κ1) is 22.7. The van der Waals surface area contributed by atoms with Crippen molar-refractivity contribution in [1.29, 1.82) is 0 Å². The minimum atomic E-state index is -4.67. The van der Waals surface area contributed by atoms with Crippen LogP contribution in [-0.4, -0.2) is 21.8 Å². The van der Waals surface area contributed by atoms with Gasteiger partial charge in [-0.05, 0) is 48.8 Å². The zero-order valence-electron chi connectivity index (χ0n) is 16.8. The number of hydrogen-bond acceptors (Lipinski definition) is 8. The Kier molecular flexibility index (Phi) is 7.26. The number of halogens is 3. The largest absolute Gasteiger partial charge is 0.421 e. The zero-order valence-corrected chi connectivity index (χ0v) is 17.6. The summed E-state index contributed by atoms with van der Waals surface area (Å²) in [6.07, 6.45) is -1.94. The standard InChI is InChI=1S/C20H22F3N5O2S/c1-12(2)31-28-16-5-3-4-6-17(16)30-27-18-15(20(21,22)23)11-24-19(26-18)25-13-7-9-14(29)10-8-13/h3-6,11,13,28H,1,7-10H2,2H3,(H2,24,25,26,27). The number of alkyl halides is 3. The Bertz CT molecular complexity index is 945. The molecule has 0 bridgehead atoms. The smallest absolute Gasteiger partial charge is 0.378 e. The van der Waals surface area contributed by atoms with Gasteiger partial charge in [0.15, 0.2) is 11.6 Å². The van der Waals surface area contributed by atoms with Crippen molar-refractivity contribution >= 4 is 35.2 Å². The average molecular weight is 453 g/mol. The number of carbonyl (C=O) groups is 1. The highest BCUT2D eigenvalue weighted by atomic mass is 32.2. The molecule has 0 saturated heterocycles. The number of carbonyl (C=O) groups excluding carboxylic acids is 1. The second-order valence-corrected chi connectivity index (χ2v) is 8.12. The minimum Gasteiger partial charge on any atom is -0.378 e. The summed E-state index contributed by atoms with van der Waals surface area (Å²) in [5.74, 6) is -0.0236. The molecule has 0 atom stereocenters. The fourth-order valence-corrected chi connectivity index (χ4v) is 3.34. The third kappa shape index (κ3) is 6.51. The minimum absolute atomic E-state index is 0.0303. The van der Waals surface area contributed by atoms with E-state index in [0.29, 0.717) is 37.6 Å². The highest BCUT2D eigenvalue weighted by molar-refractivity contribution is 8.04. The van der Waals surface area contributed by atoms with E-state index in [9.17, 15) is 18.0 Å². The topological polar surface area (TPSA) is 88.2 Å². The number of nitrogens with one attached hydrogen (secondary N) is 3. The van der Waals surface area contributed by atoms with Crippen LogP contribution in [0.3, 0.4) is 0 Å². The number of rotatable bonds is 8. The first-order chi connectivity index (χ1) is 14.7. The summed E-state index contributed by atoms with van der Waals surface area (Å²) in [4.78, 5) is 25.4. The summed E-state index contributed by atoms with van der Waals surface area (Å²) < 4.78 is 43.3. The van der Waals surface area contributed by atoms with Crippen molar-refractivity contribution in [3.63, 3.8) is 0 Å². The number of para-hydroxylation sites is 2. The van der Waals surface area contributed by atoms with Gasteiger partial charge in [-0.3, -0.25) is 4.79 Å². The van der Waals surface area contributed by atoms with Crippen molar-refractivity contribution in [2.24, 2.45) is 0 Å². The number of anilines is 3. The summed E-state index contributed by atoms with van der Waals surface area (Å²) >= 11 is 1.26. The van der Waals surface area contributed by atoms with Gasteiger partial charge in [-0.15, -0.1) is 0 Å². The van der Waals surface area contributed by atoms with Gasteiger partial charge in [-0.25, -0.2) is 10.5 Å². The molecule has 166 valence electrons. The Morgan fingerprint density at radius 2 is 1.97 bits per heavy atom. The van der Waals surface area contributed by atoms with Crippen LogP contribution in [-0.2, 0) is 11.0 Å². The first-order valence-electron chi connectivity index (χ1n) is 9.55. The molecule has 0 amide bonds. The van der Waals surface area contributed by atoms with Crippen LogP contribution in [0, 0.1) is 0 Å². The molecule has 1 heterocycles. The molecule has 0 spiro atoms. The Morgan fingerprint density at radius 1 is 1.26 bits per heavy atom. The van der Waals surface area contributed by atoms with Gasteiger partial charge in [0, 0.05) is 25.1 Å². The molecular formula is C20H22F3N5O2S. The molecule has 31 heavy (non-hydrogen) atoms. The molecule has 0 unspecified atom stereocenters. The quantitative estimate of drug-likeness (QED) is 0.361. The maximum atomic E-state index is 13.4. The molecule has 3 N–H and O–H groups in total. The van der Waals surface area contributed by atoms with Gasteiger partial charge in [-0.2, -0.15) is 18.2 Å². The van der Waals surface area contributed by atoms with Crippen molar-refractivity contribution < 1.29 is 22.8 Å². The molecule has 3 rings (SSSR count). The lowest BCUT2D eigenvalue weighted by Gasteiger charge is -2.23. The fraction of sp³-hybridized carbons (Fsp3) is 0.350. The van der Waals surface area contributed by atoms with Gasteiger partial charge in [0.05, 0.1) is 5.69 Å². The zero-order chi connectivity index (χ0) is 22.4. The fourth-order valence-electron chi connectivity index (χ4n) is 2.89.